The highest BCUT2D eigenvalue weighted by molar-refractivity contribution is 7.99. The molecule has 0 atom stereocenters. The van der Waals surface area contributed by atoms with Crippen LogP contribution in [0, 0.1) is 6.92 Å². The summed E-state index contributed by atoms with van der Waals surface area (Å²) in [6.07, 6.45) is 0. The standard InChI is InChI=1S/C20H18N2O2S/c1-13-3-2-4-14(11-13)20(24)22-15-5-10-19(18(21)12-15)25-17-8-6-16(23)7-9-17/h2-12,23H,21H2,1H3,(H,22,24). The largest absolute Gasteiger partial charge is 0.508 e. The number of hydrogen-bond acceptors (Lipinski definition) is 4. The second-order valence-electron chi connectivity index (χ2n) is 5.67. The Balaban J connectivity index is 1.73. The van der Waals surface area contributed by atoms with Gasteiger partial charge in [0.1, 0.15) is 5.75 Å². The van der Waals surface area contributed by atoms with E-state index in [9.17, 15) is 9.90 Å². The third-order valence-corrected chi connectivity index (χ3v) is 4.71. The van der Waals surface area contributed by atoms with Crippen molar-refractivity contribution in [1.82, 2.24) is 0 Å². The van der Waals surface area contributed by atoms with E-state index in [1.165, 1.54) is 11.8 Å². The number of amides is 1. The average molecular weight is 350 g/mol. The molecule has 3 aromatic rings. The zero-order valence-electron chi connectivity index (χ0n) is 13.7. The second kappa shape index (κ2) is 7.32. The summed E-state index contributed by atoms with van der Waals surface area (Å²) >= 11 is 1.50. The normalized spacial score (nSPS) is 10.4. The van der Waals surface area contributed by atoms with Crippen LogP contribution in [0.15, 0.2) is 76.5 Å². The first-order valence-electron chi connectivity index (χ1n) is 7.76. The SMILES string of the molecule is Cc1cccc(C(=O)Nc2ccc(Sc3ccc(O)cc3)c(N)c2)c1. The summed E-state index contributed by atoms with van der Waals surface area (Å²) in [6.45, 7) is 1.95. The monoisotopic (exact) mass is 350 g/mol. The number of nitrogens with one attached hydrogen (secondary N) is 1. The number of aromatic hydroxyl groups is 1. The molecule has 0 unspecified atom stereocenters. The van der Waals surface area contributed by atoms with Crippen molar-refractivity contribution in [2.24, 2.45) is 0 Å². The van der Waals surface area contributed by atoms with Crippen molar-refractivity contribution in [2.75, 3.05) is 11.1 Å². The maximum Gasteiger partial charge on any atom is 0.255 e. The van der Waals surface area contributed by atoms with Gasteiger partial charge in [0.25, 0.3) is 5.91 Å². The van der Waals surface area contributed by atoms with Crippen LogP contribution in [0.3, 0.4) is 0 Å². The van der Waals surface area contributed by atoms with Gasteiger partial charge in [-0.1, -0.05) is 29.5 Å². The van der Waals surface area contributed by atoms with Crippen LogP contribution < -0.4 is 11.1 Å². The number of phenolic OH excluding ortho intramolecular Hbond substituents is 1. The smallest absolute Gasteiger partial charge is 0.255 e. The minimum atomic E-state index is -0.165. The summed E-state index contributed by atoms with van der Waals surface area (Å²) in [5.74, 6) is 0.0635. The Morgan fingerprint density at radius 1 is 1.04 bits per heavy atom. The fourth-order valence-electron chi connectivity index (χ4n) is 2.35. The van der Waals surface area contributed by atoms with E-state index in [1.807, 2.05) is 49.4 Å². The third-order valence-electron chi connectivity index (χ3n) is 3.61. The Morgan fingerprint density at radius 3 is 2.48 bits per heavy atom. The lowest BCUT2D eigenvalue weighted by Crippen LogP contribution is -2.12. The number of carbonyl (C=O) groups is 1. The van der Waals surface area contributed by atoms with Crippen molar-refractivity contribution in [3.63, 3.8) is 0 Å². The number of anilines is 2. The Kier molecular flexibility index (Phi) is 4.95. The molecule has 0 fully saturated rings. The van der Waals surface area contributed by atoms with Gasteiger partial charge in [0.2, 0.25) is 0 Å². The molecule has 0 spiro atoms. The zero-order chi connectivity index (χ0) is 17.8. The van der Waals surface area contributed by atoms with Crippen molar-refractivity contribution in [3.05, 3.63) is 77.9 Å². The number of nitrogens with two attached hydrogens (primary N) is 1. The van der Waals surface area contributed by atoms with E-state index in [-0.39, 0.29) is 11.7 Å². The van der Waals surface area contributed by atoms with E-state index >= 15 is 0 Å². The lowest BCUT2D eigenvalue weighted by Gasteiger charge is -2.10. The molecule has 0 aliphatic rings. The Bertz CT molecular complexity index is 908. The molecule has 4 N–H and O–H groups in total. The maximum atomic E-state index is 12.3. The molecule has 126 valence electrons. The minimum Gasteiger partial charge on any atom is -0.508 e. The summed E-state index contributed by atoms with van der Waals surface area (Å²) in [4.78, 5) is 14.2. The lowest BCUT2D eigenvalue weighted by molar-refractivity contribution is 0.102. The van der Waals surface area contributed by atoms with Crippen LogP contribution in [0.25, 0.3) is 0 Å². The molecule has 0 radical (unpaired) electrons. The molecule has 0 bridgehead atoms. The summed E-state index contributed by atoms with van der Waals surface area (Å²) in [7, 11) is 0. The fourth-order valence-corrected chi connectivity index (χ4v) is 3.19. The highest BCUT2D eigenvalue weighted by atomic mass is 32.2. The molecule has 0 aromatic heterocycles. The third kappa shape index (κ3) is 4.33. The van der Waals surface area contributed by atoms with E-state index in [2.05, 4.69) is 5.32 Å². The van der Waals surface area contributed by atoms with Gasteiger partial charge in [-0.15, -0.1) is 0 Å². The fraction of sp³-hybridized carbons (Fsp3) is 0.0500. The van der Waals surface area contributed by atoms with Crippen molar-refractivity contribution in [3.8, 4) is 5.75 Å². The highest BCUT2D eigenvalue weighted by Crippen LogP contribution is 2.34. The van der Waals surface area contributed by atoms with Gasteiger partial charge in [-0.25, -0.2) is 0 Å². The van der Waals surface area contributed by atoms with Gasteiger partial charge in [-0.2, -0.15) is 0 Å². The van der Waals surface area contributed by atoms with Crippen molar-refractivity contribution in [1.29, 1.82) is 0 Å². The Morgan fingerprint density at radius 2 is 1.80 bits per heavy atom. The summed E-state index contributed by atoms with van der Waals surface area (Å²) in [5, 5.41) is 12.2. The number of carbonyl (C=O) groups excluding carboxylic acids is 1. The van der Waals surface area contributed by atoms with E-state index < -0.39 is 0 Å². The summed E-state index contributed by atoms with van der Waals surface area (Å²) in [6, 6.07) is 19.8. The van der Waals surface area contributed by atoms with Crippen LogP contribution in [0.4, 0.5) is 11.4 Å². The highest BCUT2D eigenvalue weighted by Gasteiger charge is 2.08. The predicted molar refractivity (Wildman–Crippen MR) is 102 cm³/mol. The first-order chi connectivity index (χ1) is 12.0. The molecule has 0 saturated heterocycles. The van der Waals surface area contributed by atoms with Crippen molar-refractivity contribution in [2.45, 2.75) is 16.7 Å². The number of benzene rings is 3. The van der Waals surface area contributed by atoms with E-state index in [0.717, 1.165) is 15.4 Å². The van der Waals surface area contributed by atoms with Crippen LogP contribution in [-0.4, -0.2) is 11.0 Å². The quantitative estimate of drug-likeness (QED) is 0.597. The number of aryl methyl sites for hydroxylation is 1. The molecule has 5 heteroatoms. The van der Waals surface area contributed by atoms with Crippen LogP contribution >= 0.6 is 11.8 Å². The summed E-state index contributed by atoms with van der Waals surface area (Å²) < 4.78 is 0. The van der Waals surface area contributed by atoms with Gasteiger partial charge in [0, 0.05) is 26.7 Å². The predicted octanol–water partition coefficient (Wildman–Crippen LogP) is 4.69. The van der Waals surface area contributed by atoms with Gasteiger partial charge in [-0.3, -0.25) is 4.79 Å². The van der Waals surface area contributed by atoms with Crippen molar-refractivity contribution < 1.29 is 9.90 Å². The molecule has 4 nitrogen and oxygen atoms in total. The van der Waals surface area contributed by atoms with Crippen LogP contribution in [0.1, 0.15) is 15.9 Å². The lowest BCUT2D eigenvalue weighted by atomic mass is 10.1. The van der Waals surface area contributed by atoms with Gasteiger partial charge in [0.15, 0.2) is 0 Å². The van der Waals surface area contributed by atoms with E-state index in [4.69, 9.17) is 5.73 Å². The molecule has 3 rings (SSSR count). The molecule has 0 aliphatic carbocycles. The molecule has 3 aromatic carbocycles. The molecule has 1 amide bonds. The zero-order valence-corrected chi connectivity index (χ0v) is 14.5. The molecular formula is C20H18N2O2S. The first-order valence-corrected chi connectivity index (χ1v) is 8.57. The molecule has 0 saturated carbocycles. The molecule has 0 heterocycles. The Hall–Kier alpha value is -2.92. The number of hydrogen-bond donors (Lipinski definition) is 3. The minimum absolute atomic E-state index is 0.165. The van der Waals surface area contributed by atoms with Crippen LogP contribution in [-0.2, 0) is 0 Å². The number of rotatable bonds is 4. The maximum absolute atomic E-state index is 12.3. The van der Waals surface area contributed by atoms with Crippen LogP contribution in [0.2, 0.25) is 0 Å². The number of phenols is 1. The molecule has 25 heavy (non-hydrogen) atoms. The Labute approximate surface area is 150 Å². The first kappa shape index (κ1) is 16.9. The van der Waals surface area contributed by atoms with Gasteiger partial charge in [0.05, 0.1) is 0 Å². The van der Waals surface area contributed by atoms with Crippen molar-refractivity contribution >= 4 is 29.0 Å². The van der Waals surface area contributed by atoms with Crippen LogP contribution in [0.5, 0.6) is 5.75 Å². The van der Waals surface area contributed by atoms with E-state index in [1.54, 1.807) is 24.3 Å². The average Bonchev–Trinajstić information content (AvgIpc) is 2.59. The van der Waals surface area contributed by atoms with Gasteiger partial charge in [-0.05, 0) is 61.5 Å². The van der Waals surface area contributed by atoms with Gasteiger partial charge >= 0.3 is 0 Å². The molecular weight excluding hydrogens is 332 g/mol. The van der Waals surface area contributed by atoms with E-state index in [0.29, 0.717) is 16.9 Å². The summed E-state index contributed by atoms with van der Waals surface area (Å²) in [5.41, 5.74) is 9.00. The van der Waals surface area contributed by atoms with Gasteiger partial charge < -0.3 is 16.2 Å². The topological polar surface area (TPSA) is 75.3 Å². The second-order valence-corrected chi connectivity index (χ2v) is 6.79. The number of nitrogen functional groups attached to an aromatic ring is 1. The molecule has 0 aliphatic heterocycles.